The molecule has 1 saturated carbocycles. The number of likely N-dealkylation sites (N-methyl/N-ethyl adjacent to an activating group) is 1. The molecule has 0 saturated heterocycles. The van der Waals surface area contributed by atoms with Crippen LogP contribution in [0.5, 0.6) is 0 Å². The van der Waals surface area contributed by atoms with Gasteiger partial charge in [0.2, 0.25) is 0 Å². The van der Waals surface area contributed by atoms with Gasteiger partial charge in [0, 0.05) is 25.2 Å². The molecule has 21 heavy (non-hydrogen) atoms. The van der Waals surface area contributed by atoms with Gasteiger partial charge in [0.05, 0.1) is 7.11 Å². The number of carbonyl (C=O) groups is 1. The lowest BCUT2D eigenvalue weighted by Gasteiger charge is -2.38. The van der Waals surface area contributed by atoms with Crippen molar-refractivity contribution in [2.24, 2.45) is 5.92 Å². The highest BCUT2D eigenvalue weighted by Crippen LogP contribution is 2.46. The van der Waals surface area contributed by atoms with Crippen molar-refractivity contribution in [3.05, 3.63) is 28.8 Å². The van der Waals surface area contributed by atoms with Gasteiger partial charge in [-0.05, 0) is 67.0 Å². The van der Waals surface area contributed by atoms with Crippen LogP contribution in [0.25, 0.3) is 0 Å². The number of fused-ring (bicyclic) bond motifs is 1. The van der Waals surface area contributed by atoms with Crippen LogP contribution in [0.4, 0.5) is 5.69 Å². The highest BCUT2D eigenvalue weighted by molar-refractivity contribution is 5.69. The van der Waals surface area contributed by atoms with Crippen LogP contribution in [-0.2, 0) is 22.5 Å². The number of hydrogen-bond donors (Lipinski definition) is 1. The summed E-state index contributed by atoms with van der Waals surface area (Å²) >= 11 is 0. The van der Waals surface area contributed by atoms with Gasteiger partial charge >= 0.3 is 5.97 Å². The minimum absolute atomic E-state index is 0.0883. The number of hydrogen-bond acceptors (Lipinski definition) is 4. The first kappa shape index (κ1) is 14.4. The third kappa shape index (κ3) is 2.91. The highest BCUT2D eigenvalue weighted by atomic mass is 16.5. The van der Waals surface area contributed by atoms with Crippen molar-refractivity contribution in [1.29, 1.82) is 0 Å². The summed E-state index contributed by atoms with van der Waals surface area (Å²) in [6.07, 6.45) is 3.83. The molecular formula is C17H24N2O2. The summed E-state index contributed by atoms with van der Waals surface area (Å²) in [5, 5.41) is 0. The Morgan fingerprint density at radius 3 is 2.90 bits per heavy atom. The van der Waals surface area contributed by atoms with Gasteiger partial charge < -0.3 is 15.4 Å². The van der Waals surface area contributed by atoms with E-state index in [9.17, 15) is 4.79 Å². The predicted octanol–water partition coefficient (Wildman–Crippen LogP) is 2.31. The molecule has 1 aromatic rings. The number of carbonyl (C=O) groups excluding carboxylic acids is 1. The molecule has 1 heterocycles. The Kier molecular flexibility index (Phi) is 3.89. The summed E-state index contributed by atoms with van der Waals surface area (Å²) in [7, 11) is 3.62. The highest BCUT2D eigenvalue weighted by Gasteiger charge is 2.34. The fourth-order valence-corrected chi connectivity index (χ4v) is 3.74. The molecular weight excluding hydrogens is 264 g/mol. The van der Waals surface area contributed by atoms with Crippen LogP contribution in [0.15, 0.2) is 12.1 Å². The van der Waals surface area contributed by atoms with Crippen LogP contribution in [0.3, 0.4) is 0 Å². The topological polar surface area (TPSA) is 55.6 Å². The van der Waals surface area contributed by atoms with Crippen molar-refractivity contribution < 1.29 is 9.53 Å². The maximum absolute atomic E-state index is 11.3. The van der Waals surface area contributed by atoms with Gasteiger partial charge in [-0.3, -0.25) is 4.79 Å². The number of ether oxygens (including phenoxy) is 1. The van der Waals surface area contributed by atoms with Crippen molar-refractivity contribution in [3.8, 4) is 0 Å². The standard InChI is InChI=1S/C17H24N2O2/c1-19-4-3-15-13(10-19)8-14(18)9-16(15)12-5-11(6-12)7-17(20)21-2/h8-9,11-12H,3-7,10,18H2,1-2H3. The maximum Gasteiger partial charge on any atom is 0.305 e. The molecule has 2 N–H and O–H groups in total. The van der Waals surface area contributed by atoms with Crippen molar-refractivity contribution in [1.82, 2.24) is 4.90 Å². The van der Waals surface area contributed by atoms with Crippen molar-refractivity contribution in [2.75, 3.05) is 26.4 Å². The molecule has 1 fully saturated rings. The molecule has 0 spiro atoms. The second kappa shape index (κ2) is 5.68. The van der Waals surface area contributed by atoms with Gasteiger partial charge in [-0.15, -0.1) is 0 Å². The zero-order valence-corrected chi connectivity index (χ0v) is 12.9. The van der Waals surface area contributed by atoms with E-state index >= 15 is 0 Å². The zero-order valence-electron chi connectivity index (χ0n) is 12.9. The molecule has 0 radical (unpaired) electrons. The Morgan fingerprint density at radius 1 is 1.43 bits per heavy atom. The third-order valence-corrected chi connectivity index (χ3v) is 4.94. The molecule has 4 nitrogen and oxygen atoms in total. The summed E-state index contributed by atoms with van der Waals surface area (Å²) in [4.78, 5) is 13.7. The van der Waals surface area contributed by atoms with Gasteiger partial charge in [0.25, 0.3) is 0 Å². The van der Waals surface area contributed by atoms with Crippen molar-refractivity contribution >= 4 is 11.7 Å². The number of nitrogen functional groups attached to an aromatic ring is 1. The maximum atomic E-state index is 11.3. The molecule has 1 aliphatic carbocycles. The van der Waals surface area contributed by atoms with Crippen LogP contribution >= 0.6 is 0 Å². The van der Waals surface area contributed by atoms with Gasteiger partial charge in [-0.2, -0.15) is 0 Å². The van der Waals surface area contributed by atoms with E-state index in [0.717, 1.165) is 38.0 Å². The van der Waals surface area contributed by atoms with Gasteiger partial charge in [-0.25, -0.2) is 0 Å². The summed E-state index contributed by atoms with van der Waals surface area (Å²) < 4.78 is 4.75. The lowest BCUT2D eigenvalue weighted by atomic mass is 9.68. The number of methoxy groups -OCH3 is 1. The fraction of sp³-hybridized carbons (Fsp3) is 0.588. The molecule has 1 aromatic carbocycles. The van der Waals surface area contributed by atoms with E-state index in [1.54, 1.807) is 0 Å². The number of nitrogens with two attached hydrogens (primary N) is 1. The normalized spacial score (nSPS) is 25.0. The second-order valence-corrected chi connectivity index (χ2v) is 6.55. The lowest BCUT2D eigenvalue weighted by molar-refractivity contribution is -0.142. The molecule has 0 aromatic heterocycles. The number of benzene rings is 1. The number of anilines is 1. The van der Waals surface area contributed by atoms with E-state index in [1.807, 2.05) is 0 Å². The van der Waals surface area contributed by atoms with E-state index in [4.69, 9.17) is 10.5 Å². The average molecular weight is 288 g/mol. The van der Waals surface area contributed by atoms with Gasteiger partial charge in [0.15, 0.2) is 0 Å². The van der Waals surface area contributed by atoms with Crippen molar-refractivity contribution in [2.45, 2.75) is 38.1 Å². The first-order valence-electron chi connectivity index (χ1n) is 7.73. The van der Waals surface area contributed by atoms with Crippen LogP contribution in [0, 0.1) is 5.92 Å². The quantitative estimate of drug-likeness (QED) is 0.685. The number of rotatable bonds is 3. The molecule has 2 aliphatic rings. The van der Waals surface area contributed by atoms with E-state index in [-0.39, 0.29) is 5.97 Å². The minimum atomic E-state index is -0.0883. The Bertz CT molecular complexity index is 550. The summed E-state index contributed by atoms with van der Waals surface area (Å²) in [6, 6.07) is 4.28. The van der Waals surface area contributed by atoms with E-state index in [0.29, 0.717) is 18.3 Å². The molecule has 114 valence electrons. The zero-order chi connectivity index (χ0) is 15.0. The van der Waals surface area contributed by atoms with E-state index < -0.39 is 0 Å². The Labute approximate surface area is 126 Å². The minimum Gasteiger partial charge on any atom is -0.469 e. The van der Waals surface area contributed by atoms with E-state index in [2.05, 4.69) is 24.1 Å². The Hall–Kier alpha value is -1.55. The number of esters is 1. The van der Waals surface area contributed by atoms with Crippen LogP contribution < -0.4 is 5.73 Å². The SMILES string of the molecule is COC(=O)CC1CC(c2cc(N)cc3c2CCN(C)C3)C1. The fourth-order valence-electron chi connectivity index (χ4n) is 3.74. The number of nitrogens with zero attached hydrogens (tertiary/aromatic N) is 1. The molecule has 0 bridgehead atoms. The molecule has 0 atom stereocenters. The van der Waals surface area contributed by atoms with Gasteiger partial charge in [-0.1, -0.05) is 0 Å². The summed E-state index contributed by atoms with van der Waals surface area (Å²) in [5.74, 6) is 0.959. The lowest BCUT2D eigenvalue weighted by Crippen LogP contribution is -2.30. The first-order valence-corrected chi connectivity index (χ1v) is 7.73. The summed E-state index contributed by atoms with van der Waals surface area (Å²) in [5.41, 5.74) is 11.3. The third-order valence-electron chi connectivity index (χ3n) is 4.94. The second-order valence-electron chi connectivity index (χ2n) is 6.55. The van der Waals surface area contributed by atoms with Crippen molar-refractivity contribution in [3.63, 3.8) is 0 Å². The molecule has 1 aliphatic heterocycles. The van der Waals surface area contributed by atoms with Crippen LogP contribution in [0.1, 0.15) is 41.9 Å². The largest absolute Gasteiger partial charge is 0.469 e. The van der Waals surface area contributed by atoms with Crippen LogP contribution in [-0.4, -0.2) is 31.6 Å². The Balaban J connectivity index is 1.74. The van der Waals surface area contributed by atoms with Gasteiger partial charge in [0.1, 0.15) is 0 Å². The first-order chi connectivity index (χ1) is 10.1. The average Bonchev–Trinajstić information content (AvgIpc) is 2.40. The monoisotopic (exact) mass is 288 g/mol. The molecule has 0 amide bonds. The Morgan fingerprint density at radius 2 is 2.19 bits per heavy atom. The van der Waals surface area contributed by atoms with Crippen LogP contribution in [0.2, 0.25) is 0 Å². The molecule has 3 rings (SSSR count). The molecule has 4 heteroatoms. The van der Waals surface area contributed by atoms with E-state index in [1.165, 1.54) is 23.8 Å². The predicted molar refractivity (Wildman–Crippen MR) is 83.0 cm³/mol. The molecule has 0 unspecified atom stereocenters. The smallest absolute Gasteiger partial charge is 0.305 e. The summed E-state index contributed by atoms with van der Waals surface area (Å²) in [6.45, 7) is 2.11.